The molecule has 3 heterocycles. The van der Waals surface area contributed by atoms with Gasteiger partial charge in [0.2, 0.25) is 5.91 Å². The minimum atomic E-state index is -3.71. The number of carbonyl (C=O) groups is 1. The fourth-order valence-corrected chi connectivity index (χ4v) is 8.21. The molecule has 1 saturated heterocycles. The summed E-state index contributed by atoms with van der Waals surface area (Å²) in [5, 5.41) is 0. The molecule has 2 aromatic heterocycles. The van der Waals surface area contributed by atoms with Gasteiger partial charge in [0.25, 0.3) is 5.56 Å². The van der Waals surface area contributed by atoms with Crippen LogP contribution in [0.4, 0.5) is 0 Å². The molecule has 1 fully saturated rings. The van der Waals surface area contributed by atoms with Crippen molar-refractivity contribution >= 4 is 32.3 Å². The van der Waals surface area contributed by atoms with Crippen molar-refractivity contribution < 1.29 is 36.8 Å². The largest absolute Gasteiger partial charge is 0.374 e. The SMILES string of the molecule is CCOP(=O)(CCCO[C@@H]1CN(C(=O)CP(=O)(OC(C)C)OC(C)C)C[C@H]1n1cnc2c(=O)[nH]cnc21)OCC. The first-order valence-electron chi connectivity index (χ1n) is 13.5. The van der Waals surface area contributed by atoms with Crippen molar-refractivity contribution in [2.45, 2.75) is 72.3 Å². The Morgan fingerprint density at radius 2 is 1.70 bits per heavy atom. The van der Waals surface area contributed by atoms with Crippen LogP contribution >= 0.6 is 15.2 Å². The highest BCUT2D eigenvalue weighted by atomic mass is 31.2. The molecule has 226 valence electrons. The lowest BCUT2D eigenvalue weighted by molar-refractivity contribution is -0.128. The highest BCUT2D eigenvalue weighted by Gasteiger charge is 2.41. The number of amides is 1. The van der Waals surface area contributed by atoms with Gasteiger partial charge in [-0.25, -0.2) is 9.97 Å². The molecule has 0 unspecified atom stereocenters. The number of aromatic amines is 1. The van der Waals surface area contributed by atoms with Crippen molar-refractivity contribution in [2.24, 2.45) is 0 Å². The van der Waals surface area contributed by atoms with E-state index in [0.717, 1.165) is 0 Å². The van der Waals surface area contributed by atoms with E-state index in [-0.39, 0.29) is 50.1 Å². The molecular formula is C24H41N5O9P2. The molecule has 3 rings (SSSR count). The van der Waals surface area contributed by atoms with Crippen LogP contribution in [0.25, 0.3) is 11.2 Å². The highest BCUT2D eigenvalue weighted by Crippen LogP contribution is 2.51. The van der Waals surface area contributed by atoms with Crippen LogP contribution in [0.1, 0.15) is 54.0 Å². The Bertz CT molecular complexity index is 1260. The van der Waals surface area contributed by atoms with Crippen molar-refractivity contribution in [3.8, 4) is 0 Å². The number of nitrogens with one attached hydrogen (secondary N) is 1. The second-order valence-electron chi connectivity index (χ2n) is 9.93. The second-order valence-corrected chi connectivity index (χ2v) is 14.1. The van der Waals surface area contributed by atoms with Gasteiger partial charge in [-0.2, -0.15) is 0 Å². The Kier molecular flexibility index (Phi) is 11.7. The van der Waals surface area contributed by atoms with Gasteiger partial charge in [0.1, 0.15) is 6.16 Å². The number of hydrogen-bond acceptors (Lipinski definition) is 11. The summed E-state index contributed by atoms with van der Waals surface area (Å²) in [7, 11) is -6.94. The predicted molar refractivity (Wildman–Crippen MR) is 149 cm³/mol. The van der Waals surface area contributed by atoms with Crippen LogP contribution in [0.5, 0.6) is 0 Å². The predicted octanol–water partition coefficient (Wildman–Crippen LogP) is 3.59. The molecule has 2 atom stereocenters. The Labute approximate surface area is 234 Å². The summed E-state index contributed by atoms with van der Waals surface area (Å²) in [4.78, 5) is 38.1. The van der Waals surface area contributed by atoms with Gasteiger partial charge in [-0.05, 0) is 48.0 Å². The highest BCUT2D eigenvalue weighted by molar-refractivity contribution is 7.55. The molecule has 16 heteroatoms. The summed E-state index contributed by atoms with van der Waals surface area (Å²) < 4.78 is 55.9. The summed E-state index contributed by atoms with van der Waals surface area (Å²) >= 11 is 0. The molecule has 2 aromatic rings. The lowest BCUT2D eigenvalue weighted by atomic mass is 10.2. The third-order valence-corrected chi connectivity index (χ3v) is 10.3. The molecule has 1 aliphatic heterocycles. The van der Waals surface area contributed by atoms with E-state index >= 15 is 0 Å². The first-order valence-corrected chi connectivity index (χ1v) is 17.0. The third kappa shape index (κ3) is 8.55. The van der Waals surface area contributed by atoms with E-state index in [1.165, 1.54) is 12.7 Å². The van der Waals surface area contributed by atoms with E-state index in [1.807, 2.05) is 0 Å². The number of fused-ring (bicyclic) bond motifs is 1. The number of aromatic nitrogens is 4. The molecule has 1 aliphatic rings. The third-order valence-electron chi connectivity index (χ3n) is 5.94. The zero-order valence-electron chi connectivity index (χ0n) is 24.0. The summed E-state index contributed by atoms with van der Waals surface area (Å²) in [6.45, 7) is 11.6. The number of ether oxygens (including phenoxy) is 1. The van der Waals surface area contributed by atoms with E-state index in [9.17, 15) is 18.7 Å². The number of likely N-dealkylation sites (tertiary alicyclic amines) is 1. The molecule has 0 bridgehead atoms. The maximum absolute atomic E-state index is 13.4. The monoisotopic (exact) mass is 605 g/mol. The van der Waals surface area contributed by atoms with Crippen molar-refractivity contribution in [3.05, 3.63) is 23.0 Å². The Morgan fingerprint density at radius 1 is 1.05 bits per heavy atom. The smallest absolute Gasteiger partial charge is 0.340 e. The minimum absolute atomic E-state index is 0.167. The van der Waals surface area contributed by atoms with Crippen molar-refractivity contribution in [3.63, 3.8) is 0 Å². The van der Waals surface area contributed by atoms with Gasteiger partial charge >= 0.3 is 15.2 Å². The zero-order chi connectivity index (χ0) is 29.5. The van der Waals surface area contributed by atoms with Crippen molar-refractivity contribution in [1.82, 2.24) is 24.4 Å². The van der Waals surface area contributed by atoms with Crippen LogP contribution in [0.15, 0.2) is 17.4 Å². The van der Waals surface area contributed by atoms with E-state index in [0.29, 0.717) is 12.1 Å². The second kappa shape index (κ2) is 14.3. The maximum Gasteiger partial charge on any atom is 0.340 e. The van der Waals surface area contributed by atoms with Crippen LogP contribution in [0.3, 0.4) is 0 Å². The van der Waals surface area contributed by atoms with Gasteiger partial charge in [0.15, 0.2) is 11.2 Å². The fraction of sp³-hybridized carbons (Fsp3) is 0.750. The van der Waals surface area contributed by atoms with Gasteiger partial charge in [0, 0.05) is 19.7 Å². The number of rotatable bonds is 16. The molecule has 0 aliphatic carbocycles. The number of carbonyl (C=O) groups excluding carboxylic acids is 1. The van der Waals surface area contributed by atoms with Gasteiger partial charge in [-0.1, -0.05) is 0 Å². The van der Waals surface area contributed by atoms with E-state index in [2.05, 4.69) is 15.0 Å². The number of imidazole rings is 1. The Balaban J connectivity index is 1.79. The molecule has 0 saturated carbocycles. The molecule has 1 amide bonds. The van der Waals surface area contributed by atoms with Crippen LogP contribution in [-0.4, -0.2) is 93.9 Å². The van der Waals surface area contributed by atoms with Crippen LogP contribution in [0, 0.1) is 0 Å². The fourth-order valence-electron chi connectivity index (χ4n) is 4.56. The summed E-state index contributed by atoms with van der Waals surface area (Å²) in [6.07, 6.45) is 1.64. The van der Waals surface area contributed by atoms with E-state index in [1.54, 1.807) is 51.0 Å². The summed E-state index contributed by atoms with van der Waals surface area (Å²) in [5.41, 5.74) is 0.138. The molecular weight excluding hydrogens is 564 g/mol. The maximum atomic E-state index is 13.4. The standard InChI is InChI=1S/C24H41N5O9P2/c1-7-35-39(32,36-8-2)11-9-10-34-20-13-28(21(30)14-40(33,37-17(3)4)38-18(5)6)12-19(20)29-16-27-22-23(29)25-15-26-24(22)31/h15-20H,7-14H2,1-6H3,(H,25,26,31)/t19-,20-/m1/s1. The topological polar surface area (TPSA) is 164 Å². The average Bonchev–Trinajstić information content (AvgIpc) is 3.46. The summed E-state index contributed by atoms with van der Waals surface area (Å²) in [5.74, 6) is -0.409. The minimum Gasteiger partial charge on any atom is -0.374 e. The normalized spacial score (nSPS) is 18.4. The van der Waals surface area contributed by atoms with Gasteiger partial charge < -0.3 is 37.3 Å². The van der Waals surface area contributed by atoms with Gasteiger partial charge in [-0.15, -0.1) is 0 Å². The lowest BCUT2D eigenvalue weighted by Crippen LogP contribution is -2.33. The van der Waals surface area contributed by atoms with Gasteiger partial charge in [0.05, 0.1) is 56.4 Å². The van der Waals surface area contributed by atoms with Crippen LogP contribution < -0.4 is 5.56 Å². The van der Waals surface area contributed by atoms with E-state index in [4.69, 9.17) is 22.8 Å². The number of H-pyrrole nitrogens is 1. The molecule has 1 N–H and O–H groups in total. The lowest BCUT2D eigenvalue weighted by Gasteiger charge is -2.24. The Morgan fingerprint density at radius 3 is 2.30 bits per heavy atom. The quantitative estimate of drug-likeness (QED) is 0.220. The van der Waals surface area contributed by atoms with E-state index < -0.39 is 51.6 Å². The van der Waals surface area contributed by atoms with Crippen molar-refractivity contribution in [2.75, 3.05) is 45.2 Å². The average molecular weight is 606 g/mol. The van der Waals surface area contributed by atoms with Crippen molar-refractivity contribution in [1.29, 1.82) is 0 Å². The molecule has 40 heavy (non-hydrogen) atoms. The first kappa shape index (κ1) is 32.6. The van der Waals surface area contributed by atoms with Crippen LogP contribution in [0.2, 0.25) is 0 Å². The zero-order valence-corrected chi connectivity index (χ0v) is 25.8. The molecule has 0 aromatic carbocycles. The summed E-state index contributed by atoms with van der Waals surface area (Å²) in [6, 6.07) is -0.440. The number of hydrogen-bond donors (Lipinski definition) is 1. The first-order chi connectivity index (χ1) is 18.9. The van der Waals surface area contributed by atoms with Crippen LogP contribution in [-0.2, 0) is 36.8 Å². The number of nitrogens with zero attached hydrogens (tertiary/aromatic N) is 4. The van der Waals surface area contributed by atoms with Gasteiger partial charge in [-0.3, -0.25) is 18.7 Å². The Hall–Kier alpha value is -1.92. The molecule has 14 nitrogen and oxygen atoms in total. The molecule has 0 spiro atoms. The molecule has 0 radical (unpaired) electrons.